The molecule has 0 saturated carbocycles. The minimum atomic E-state index is -0.327. The van der Waals surface area contributed by atoms with Gasteiger partial charge in [0, 0.05) is 0 Å². The second-order valence-corrected chi connectivity index (χ2v) is 13.8. The molecule has 0 heterocycles. The standard InChI is InChI=1S/C16H26N2O2.C15H24N2O2.C14H22N2O2/c1-2-3-4-5-11-20-15-8-6-7-14(12-15)9-10-18-13-16(17)19;1-2-3-4-10-19-14-7-5-6-13(11-14)8-9-17-12-15(16)18;1-2-3-9-18-13-6-4-5-12(10-13)7-8-16-11-14(15)17/h6-8,12,18H,2-5,9-11,13H2,1H3,(H2,17,19);5-7,11,17H,2-4,8-10,12H2,1H3,(H2,16,18);4-6,10,16H,2-3,7-9,11H2,1H3,(H2,15,17). The highest BCUT2D eigenvalue weighted by molar-refractivity contribution is 5.76. The van der Waals surface area contributed by atoms with Gasteiger partial charge < -0.3 is 47.4 Å². The van der Waals surface area contributed by atoms with Crippen LogP contribution in [0, 0.1) is 0 Å². The molecule has 0 spiro atoms. The van der Waals surface area contributed by atoms with E-state index in [1.807, 2.05) is 42.5 Å². The number of carbonyl (C=O) groups is 3. The third kappa shape index (κ3) is 30.2. The fourth-order valence-corrected chi connectivity index (χ4v) is 5.30. The molecule has 3 aromatic carbocycles. The molecule has 0 aliphatic rings. The summed E-state index contributed by atoms with van der Waals surface area (Å²) in [5.74, 6) is 1.78. The lowest BCUT2D eigenvalue weighted by Crippen LogP contribution is -2.29. The highest BCUT2D eigenvalue weighted by Crippen LogP contribution is 2.16. The Morgan fingerprint density at radius 1 is 0.456 bits per heavy atom. The van der Waals surface area contributed by atoms with Crippen molar-refractivity contribution < 1.29 is 28.6 Å². The van der Waals surface area contributed by atoms with E-state index in [2.05, 4.69) is 67.1 Å². The Morgan fingerprint density at radius 2 is 0.772 bits per heavy atom. The largest absolute Gasteiger partial charge is 0.494 e. The number of nitrogens with two attached hydrogens (primary N) is 3. The number of benzene rings is 3. The Hall–Kier alpha value is -4.65. The molecular weight excluding hydrogens is 721 g/mol. The minimum absolute atomic E-state index is 0.229. The summed E-state index contributed by atoms with van der Waals surface area (Å²) in [5, 5.41) is 8.99. The van der Waals surface area contributed by atoms with Crippen LogP contribution in [0.2, 0.25) is 0 Å². The van der Waals surface area contributed by atoms with E-state index in [1.54, 1.807) is 0 Å². The maximum Gasteiger partial charge on any atom is 0.231 e. The van der Waals surface area contributed by atoms with Crippen molar-refractivity contribution in [2.24, 2.45) is 17.2 Å². The molecule has 3 aromatic rings. The molecular formula is C45H72N6O6. The zero-order chi connectivity index (χ0) is 41.8. The molecule has 9 N–H and O–H groups in total. The summed E-state index contributed by atoms with van der Waals surface area (Å²) in [5.41, 5.74) is 18.8. The fraction of sp³-hybridized carbons (Fsp3) is 0.533. The zero-order valence-electron chi connectivity index (χ0n) is 35.0. The van der Waals surface area contributed by atoms with Crippen molar-refractivity contribution in [3.63, 3.8) is 0 Å². The van der Waals surface area contributed by atoms with Gasteiger partial charge in [-0.15, -0.1) is 0 Å². The van der Waals surface area contributed by atoms with E-state index < -0.39 is 0 Å². The molecule has 57 heavy (non-hydrogen) atoms. The molecule has 12 nitrogen and oxygen atoms in total. The molecule has 3 amide bonds. The third-order valence-electron chi connectivity index (χ3n) is 8.41. The summed E-state index contributed by atoms with van der Waals surface area (Å²) in [4.78, 5) is 31.7. The number of unbranched alkanes of at least 4 members (excludes halogenated alkanes) is 6. The topological polar surface area (TPSA) is 193 Å². The monoisotopic (exact) mass is 793 g/mol. The predicted octanol–water partition coefficient (Wildman–Crippen LogP) is 5.62. The summed E-state index contributed by atoms with van der Waals surface area (Å²) in [7, 11) is 0. The lowest BCUT2D eigenvalue weighted by Gasteiger charge is -2.08. The summed E-state index contributed by atoms with van der Waals surface area (Å²) < 4.78 is 17.1. The Morgan fingerprint density at radius 3 is 1.11 bits per heavy atom. The predicted molar refractivity (Wildman–Crippen MR) is 232 cm³/mol. The molecule has 0 fully saturated rings. The summed E-state index contributed by atoms with van der Waals surface area (Å²) >= 11 is 0. The van der Waals surface area contributed by atoms with Crippen molar-refractivity contribution in [3.8, 4) is 17.2 Å². The number of carbonyl (C=O) groups excluding carboxylic acids is 3. The smallest absolute Gasteiger partial charge is 0.231 e. The molecule has 0 aliphatic heterocycles. The van der Waals surface area contributed by atoms with Crippen LogP contribution >= 0.6 is 0 Å². The van der Waals surface area contributed by atoms with Gasteiger partial charge in [0.05, 0.1) is 39.5 Å². The van der Waals surface area contributed by atoms with Crippen LogP contribution in [0.15, 0.2) is 72.8 Å². The number of hydrogen-bond acceptors (Lipinski definition) is 9. The van der Waals surface area contributed by atoms with Crippen LogP contribution in [0.5, 0.6) is 17.2 Å². The molecule has 0 atom stereocenters. The summed E-state index contributed by atoms with van der Waals surface area (Å²) in [6.07, 6.45) is 13.2. The molecule has 3 rings (SSSR count). The van der Waals surface area contributed by atoms with Gasteiger partial charge in [-0.3, -0.25) is 14.4 Å². The first-order valence-corrected chi connectivity index (χ1v) is 20.8. The van der Waals surface area contributed by atoms with Crippen molar-refractivity contribution in [3.05, 3.63) is 89.5 Å². The molecule has 0 aromatic heterocycles. The Kier molecular flexibility index (Phi) is 30.6. The molecule has 0 saturated heterocycles. The minimum Gasteiger partial charge on any atom is -0.494 e. The average molecular weight is 793 g/mol. The molecule has 0 unspecified atom stereocenters. The first kappa shape index (κ1) is 50.4. The van der Waals surface area contributed by atoms with Crippen molar-refractivity contribution in [1.29, 1.82) is 0 Å². The Balaban J connectivity index is 0.000000428. The average Bonchev–Trinajstić information content (AvgIpc) is 3.19. The first-order valence-electron chi connectivity index (χ1n) is 20.8. The van der Waals surface area contributed by atoms with Gasteiger partial charge in [-0.2, -0.15) is 0 Å². The number of ether oxygens (including phenoxy) is 3. The first-order chi connectivity index (χ1) is 27.7. The number of hydrogen-bond donors (Lipinski definition) is 6. The molecule has 318 valence electrons. The van der Waals surface area contributed by atoms with E-state index in [0.29, 0.717) is 0 Å². The molecule has 12 heteroatoms. The Bertz CT molecular complexity index is 1490. The van der Waals surface area contributed by atoms with Gasteiger partial charge in [-0.05, 0) is 111 Å². The van der Waals surface area contributed by atoms with Crippen molar-refractivity contribution in [2.75, 3.05) is 59.1 Å². The van der Waals surface area contributed by atoms with Crippen molar-refractivity contribution in [2.45, 2.75) is 97.8 Å². The number of nitrogens with one attached hydrogen (secondary N) is 3. The van der Waals surface area contributed by atoms with Gasteiger partial charge in [0.25, 0.3) is 0 Å². The second-order valence-electron chi connectivity index (χ2n) is 13.8. The highest BCUT2D eigenvalue weighted by Gasteiger charge is 2.01. The van der Waals surface area contributed by atoms with Crippen LogP contribution in [-0.4, -0.2) is 76.8 Å². The van der Waals surface area contributed by atoms with Gasteiger partial charge in [-0.25, -0.2) is 0 Å². The van der Waals surface area contributed by atoms with E-state index in [0.717, 1.165) is 102 Å². The quantitative estimate of drug-likeness (QED) is 0.0465. The van der Waals surface area contributed by atoms with Crippen molar-refractivity contribution in [1.82, 2.24) is 16.0 Å². The second kappa shape index (κ2) is 34.6. The third-order valence-corrected chi connectivity index (χ3v) is 8.41. The molecule has 0 radical (unpaired) electrons. The van der Waals surface area contributed by atoms with Crippen molar-refractivity contribution >= 4 is 17.7 Å². The van der Waals surface area contributed by atoms with Gasteiger partial charge in [-0.1, -0.05) is 95.7 Å². The van der Waals surface area contributed by atoms with Gasteiger partial charge in [0.1, 0.15) is 17.2 Å². The van der Waals surface area contributed by atoms with Crippen LogP contribution in [0.4, 0.5) is 0 Å². The lowest BCUT2D eigenvalue weighted by molar-refractivity contribution is -0.118. The highest BCUT2D eigenvalue weighted by atomic mass is 16.5. The van der Waals surface area contributed by atoms with Gasteiger partial charge in [0.2, 0.25) is 17.7 Å². The normalized spacial score (nSPS) is 10.4. The SMILES string of the molecule is CCCCCCOc1cccc(CCNCC(N)=O)c1.CCCCCOc1cccc(CCNCC(N)=O)c1.CCCCOc1cccc(CCNCC(N)=O)c1. The van der Waals surface area contributed by atoms with Gasteiger partial charge >= 0.3 is 0 Å². The van der Waals surface area contributed by atoms with Crippen LogP contribution < -0.4 is 47.4 Å². The van der Waals surface area contributed by atoms with E-state index >= 15 is 0 Å². The maximum absolute atomic E-state index is 10.6. The van der Waals surface area contributed by atoms with Crippen LogP contribution in [0.1, 0.15) is 95.2 Å². The maximum atomic E-state index is 10.6. The number of amides is 3. The number of primary amides is 3. The van der Waals surface area contributed by atoms with E-state index in [9.17, 15) is 14.4 Å². The van der Waals surface area contributed by atoms with E-state index in [4.69, 9.17) is 31.4 Å². The molecule has 0 aliphatic carbocycles. The summed E-state index contributed by atoms with van der Waals surface area (Å²) in [6.45, 7) is 11.8. The van der Waals surface area contributed by atoms with E-state index in [1.165, 1.54) is 48.8 Å². The number of rotatable bonds is 30. The van der Waals surface area contributed by atoms with Gasteiger partial charge in [0.15, 0.2) is 0 Å². The molecule has 0 bridgehead atoms. The fourth-order valence-electron chi connectivity index (χ4n) is 5.30. The lowest BCUT2D eigenvalue weighted by atomic mass is 10.1. The van der Waals surface area contributed by atoms with Crippen LogP contribution in [0.3, 0.4) is 0 Å². The zero-order valence-corrected chi connectivity index (χ0v) is 35.0. The summed E-state index contributed by atoms with van der Waals surface area (Å²) in [6, 6.07) is 24.3. The van der Waals surface area contributed by atoms with Crippen LogP contribution in [-0.2, 0) is 33.6 Å². The van der Waals surface area contributed by atoms with Crippen LogP contribution in [0.25, 0.3) is 0 Å². The van der Waals surface area contributed by atoms with E-state index in [-0.39, 0.29) is 37.4 Å². The Labute approximate surface area is 342 Å².